The molecule has 14 rings (SSSR count). The van der Waals surface area contributed by atoms with Crippen LogP contribution in [0, 0.1) is 0 Å². The molecule has 0 aliphatic rings. The number of alkyl carbamates (subject to hydrolysis) is 3. The van der Waals surface area contributed by atoms with Gasteiger partial charge < -0.3 is 111 Å². The van der Waals surface area contributed by atoms with Crippen molar-refractivity contribution in [3.8, 4) is 51.3 Å². The predicted molar refractivity (Wildman–Crippen MR) is 551 cm³/mol. The Labute approximate surface area is 856 Å². The minimum absolute atomic E-state index is 0. The van der Waals surface area contributed by atoms with Crippen LogP contribution >= 0.6 is 56.6 Å². The fourth-order valence-corrected chi connectivity index (χ4v) is 12.4. The Balaban J connectivity index is 0.000000306. The normalized spacial score (nSPS) is 10.8. The highest BCUT2D eigenvalue weighted by Crippen LogP contribution is 2.32. The van der Waals surface area contributed by atoms with Crippen molar-refractivity contribution in [2.45, 2.75) is 84.3 Å². The maximum Gasteiger partial charge on any atom is 0.408 e. The van der Waals surface area contributed by atoms with E-state index in [2.05, 4.69) is 74.8 Å². The summed E-state index contributed by atoms with van der Waals surface area (Å²) in [6.45, 7) is 1.97. The van der Waals surface area contributed by atoms with Crippen LogP contribution in [0.2, 0.25) is 0 Å². The molecule has 0 aliphatic heterocycles. The van der Waals surface area contributed by atoms with E-state index in [1.807, 2.05) is 236 Å². The first-order chi connectivity index (χ1) is 68.4. The van der Waals surface area contributed by atoms with Gasteiger partial charge >= 0.3 is 30.2 Å². The molecule has 0 radical (unpaired) electrons. The van der Waals surface area contributed by atoms with Gasteiger partial charge in [0.2, 0.25) is 5.78 Å². The molecule has 12 aromatic carbocycles. The van der Waals surface area contributed by atoms with E-state index in [1.165, 1.54) is 0 Å². The zero-order valence-corrected chi connectivity index (χ0v) is 83.3. The van der Waals surface area contributed by atoms with Gasteiger partial charge in [0, 0.05) is 46.3 Å². The molecule has 0 aliphatic carbocycles. The fourth-order valence-electron chi connectivity index (χ4n) is 12.1. The molecule has 2 heterocycles. The number of ketones is 3. The molecule has 143 heavy (non-hydrogen) atoms. The number of aliphatic hydroxyl groups is 4. The number of para-hydroxylation sites is 5. The Bertz CT molecular complexity index is 6100. The summed E-state index contributed by atoms with van der Waals surface area (Å²) >= 11 is 8.68. The minimum Gasteiger partial charge on any atom is -0.507 e. The molecule has 0 saturated carbocycles. The van der Waals surface area contributed by atoms with Crippen molar-refractivity contribution >= 4 is 110 Å². The van der Waals surface area contributed by atoms with Gasteiger partial charge in [-0.1, -0.05) is 289 Å². The lowest BCUT2D eigenvalue weighted by atomic mass is 10.1. The molecule has 37 heteroatoms. The summed E-state index contributed by atoms with van der Waals surface area (Å²) in [6, 6.07) is 98.3. The van der Waals surface area contributed by atoms with Gasteiger partial charge in [-0.25, -0.2) is 33.9 Å². The maximum atomic E-state index is 12.6. The number of nitrogens with one attached hydrogen (secondary N) is 5. The molecular weight excluding hydrogens is 2060 g/mol. The Morgan fingerprint density at radius 1 is 0.364 bits per heavy atom. The minimum atomic E-state index is -1.37. The quantitative estimate of drug-likeness (QED) is 0.00744. The molecule has 0 saturated heterocycles. The number of alkyl halides is 1. The maximum absolute atomic E-state index is 12.6. The number of halogens is 4. The number of aromatic hydroxyl groups is 1. The van der Waals surface area contributed by atoms with Crippen molar-refractivity contribution in [2.75, 3.05) is 38.4 Å². The Morgan fingerprint density at radius 2 is 0.664 bits per heavy atom. The number of benzene rings is 12. The average molecular weight is 2170 g/mol. The highest BCUT2D eigenvalue weighted by Gasteiger charge is 2.26. The number of hydrogen-bond acceptors (Lipinski definition) is 26. The SMILES string of the molecule is BrBr.CC(=O)O.CC(=O)c1ccccc1OCc1ccccc1.Cl.N.N[C@@H](CO)c1ncc(-c2ccccc2O)[nH]1.O=C(CBr)c1ccccc1OCc1ccccc1.O=C(N[C@@H](CO)C(=O)O)OCc1ccccc1.O=C(N[C@@H](CO)C(=O)OCC(=O)c1ccccc1OCc1ccccc1)OCc1ccccc1.O=C(N[C@@H](CO)c1ncc(-c2ccccc2OCc2ccccc2)[nH]1)OCc1ccccc1. The lowest BCUT2D eigenvalue weighted by Gasteiger charge is -2.16. The number of carboxylic acid groups (broad SMARTS) is 2. The summed E-state index contributed by atoms with van der Waals surface area (Å²) < 4.78 is 43.2. The van der Waals surface area contributed by atoms with E-state index >= 15 is 0 Å². The third-order valence-corrected chi connectivity index (χ3v) is 19.7. The molecule has 17 N–H and O–H groups in total. The number of imidazole rings is 2. The van der Waals surface area contributed by atoms with Crippen LogP contribution in [0.3, 0.4) is 0 Å². The summed E-state index contributed by atoms with van der Waals surface area (Å²) in [7, 11) is 0. The highest BCUT2D eigenvalue weighted by molar-refractivity contribution is 9.93. The van der Waals surface area contributed by atoms with Crippen LogP contribution in [0.25, 0.3) is 22.5 Å². The number of hydrogen-bond donors (Lipinski definition) is 14. The van der Waals surface area contributed by atoms with E-state index in [4.69, 9.17) is 68.8 Å². The topological polar surface area (TPSA) is 524 Å². The average Bonchev–Trinajstić information content (AvgIpc) is 1.68. The van der Waals surface area contributed by atoms with E-state index in [1.54, 1.807) is 122 Å². The van der Waals surface area contributed by atoms with Crippen LogP contribution in [0.4, 0.5) is 14.4 Å². The number of nitrogens with two attached hydrogens (primary N) is 1. The molecule has 0 spiro atoms. The van der Waals surface area contributed by atoms with Crippen molar-refractivity contribution in [1.29, 1.82) is 0 Å². The van der Waals surface area contributed by atoms with E-state index in [0.717, 1.165) is 51.4 Å². The number of Topliss-reactive ketones (excluding diaryl/α,β-unsaturated/α-hetero) is 3. The van der Waals surface area contributed by atoms with Crippen molar-refractivity contribution < 1.29 is 117 Å². The number of rotatable bonds is 37. The summed E-state index contributed by atoms with van der Waals surface area (Å²) in [6.07, 6.45) is 0.822. The zero-order chi connectivity index (χ0) is 102. The molecular formula is C106H111Br3ClN9O24. The molecule has 0 unspecified atom stereocenters. The van der Waals surface area contributed by atoms with Gasteiger partial charge in [-0.2, -0.15) is 0 Å². The number of carbonyl (C=O) groups excluding carboxylic acids is 7. The summed E-state index contributed by atoms with van der Waals surface area (Å²) in [5, 5.41) is 69.7. The van der Waals surface area contributed by atoms with Gasteiger partial charge in [0.1, 0.15) is 92.7 Å². The van der Waals surface area contributed by atoms with Crippen LogP contribution in [0.15, 0.2) is 346 Å². The summed E-state index contributed by atoms with van der Waals surface area (Å²) in [5.41, 5.74) is 16.6. The van der Waals surface area contributed by atoms with Gasteiger partial charge in [-0.05, 0) is 107 Å². The van der Waals surface area contributed by atoms with E-state index in [0.29, 0.717) is 87.9 Å². The van der Waals surface area contributed by atoms with Gasteiger partial charge in [-0.15, -0.1) is 12.4 Å². The number of carbonyl (C=O) groups is 9. The third-order valence-electron chi connectivity index (χ3n) is 19.1. The Kier molecular flexibility index (Phi) is 56.2. The number of amides is 3. The second-order valence-corrected chi connectivity index (χ2v) is 30.1. The first-order valence-electron chi connectivity index (χ1n) is 43.3. The van der Waals surface area contributed by atoms with Crippen LogP contribution < -0.4 is 46.8 Å². The van der Waals surface area contributed by atoms with Gasteiger partial charge in [0.25, 0.3) is 5.97 Å². The van der Waals surface area contributed by atoms with Gasteiger partial charge in [0.15, 0.2) is 30.3 Å². The number of carboxylic acids is 2. The standard InChI is InChI=1S/C26H25N3O4.C26H25NO7.C15H13BrO2.C15H14O2.C11H13N3O2.C11H13NO5.C2H4O2.Br2.ClH.H3N/c30-16-23(29-26(31)33-18-20-11-5-2-6-12-20)25-27-15-22(28-25)21-13-7-8-14-24(21)32-17-19-9-3-1-4-10-19;28-15-22(27-26(31)34-17-20-11-5-2-6-12-20)25(30)33-18-23(29)21-13-7-8-14-24(21)32-16-19-9-3-1-4-10-19;16-10-14(17)13-8-4-5-9-15(13)18-11-12-6-2-1-3-7-12;1-12(16)14-9-5-6-10-15(14)17-11-13-7-3-2-4-8-13;12-8(6-15)11-13-5-9(14-11)7-3-1-2-4-10(7)16;13-6-9(10(14)15)12-11(16)17-7-8-4-2-1-3-5-8;1-2(3)4;1-2;;/h1-15,23,30H,16-18H2,(H,27,28)(H,29,31);1-14,22,28H,15-18H2,(H,27,31);1-9H,10-11H2;2-10H,11H2,1H3;1-5,8,15-16H,6,12H2,(H,13,14);1-5,9,13H,6-7H2,(H,12,16)(H,14,15);1H3,(H,3,4);;1H;1H3/t23-;22-;;;8-;9-;;;;/m00..00..../s1. The van der Waals surface area contributed by atoms with Gasteiger partial charge in [0.05, 0.1) is 78.3 Å². The van der Waals surface area contributed by atoms with Gasteiger partial charge in [-0.3, -0.25) is 19.2 Å². The number of esters is 1. The number of phenols is 1. The fraction of sp³-hybridized carbons (Fsp3) is 0.179. The number of ether oxygens (including phenoxy) is 8. The van der Waals surface area contributed by atoms with E-state index in [-0.39, 0.29) is 81.1 Å². The first-order valence-corrected chi connectivity index (χ1v) is 48.2. The lowest BCUT2D eigenvalue weighted by molar-refractivity contribution is -0.146. The van der Waals surface area contributed by atoms with E-state index in [9.17, 15) is 53.7 Å². The van der Waals surface area contributed by atoms with Crippen LogP contribution in [-0.4, -0.2) is 160 Å². The predicted octanol–water partition coefficient (Wildman–Crippen LogP) is 18.7. The molecule has 0 bridgehead atoms. The third kappa shape index (κ3) is 44.0. The largest absolute Gasteiger partial charge is 0.507 e. The highest BCUT2D eigenvalue weighted by atomic mass is 80.9. The van der Waals surface area contributed by atoms with Crippen LogP contribution in [0.1, 0.15) is 108 Å². The molecule has 4 atom stereocenters. The molecule has 0 fully saturated rings. The van der Waals surface area contributed by atoms with Crippen molar-refractivity contribution in [2.24, 2.45) is 5.73 Å². The van der Waals surface area contributed by atoms with Crippen LogP contribution in [-0.2, 0) is 79.6 Å². The molecule has 752 valence electrons. The van der Waals surface area contributed by atoms with Crippen molar-refractivity contribution in [3.63, 3.8) is 0 Å². The summed E-state index contributed by atoms with van der Waals surface area (Å²) in [5.74, 6) is -0.124. The number of nitrogens with zero attached hydrogens (tertiary/aromatic N) is 2. The van der Waals surface area contributed by atoms with E-state index < -0.39 is 86.0 Å². The second kappa shape index (κ2) is 68.0. The molecule has 3 amide bonds. The molecule has 14 aromatic rings. The van der Waals surface area contributed by atoms with Crippen molar-refractivity contribution in [3.05, 3.63) is 413 Å². The number of aromatic nitrogens is 4. The number of H-pyrrole nitrogens is 2. The Hall–Kier alpha value is -15.2. The number of aromatic amines is 2. The first kappa shape index (κ1) is 118. The van der Waals surface area contributed by atoms with Crippen LogP contribution in [0.5, 0.6) is 28.7 Å². The number of aliphatic hydroxyl groups excluding tert-OH is 4. The smallest absolute Gasteiger partial charge is 0.408 e. The molecule has 33 nitrogen and oxygen atoms in total. The lowest BCUT2D eigenvalue weighted by Crippen LogP contribution is -2.45. The second-order valence-electron chi connectivity index (χ2n) is 29.6. The van der Waals surface area contributed by atoms with Crippen molar-refractivity contribution in [1.82, 2.24) is 42.0 Å². The summed E-state index contributed by atoms with van der Waals surface area (Å²) in [4.78, 5) is 117. The monoisotopic (exact) mass is 2170 g/mol. The zero-order valence-electron chi connectivity index (χ0n) is 77.7. The Morgan fingerprint density at radius 3 is 1.03 bits per heavy atom. The number of phenolic OH excluding ortho intramolecular Hbond substituents is 1. The molecule has 2 aromatic heterocycles. The number of aliphatic carboxylic acids is 2.